The van der Waals surface area contributed by atoms with Gasteiger partial charge in [0, 0.05) is 10.6 Å². The Morgan fingerprint density at radius 3 is 2.40 bits per heavy atom. The van der Waals surface area contributed by atoms with Crippen LogP contribution in [0.3, 0.4) is 0 Å². The molecule has 0 bridgehead atoms. The topological polar surface area (TPSA) is 12.0 Å². The van der Waals surface area contributed by atoms with E-state index in [0.717, 1.165) is 5.69 Å². The van der Waals surface area contributed by atoms with Crippen molar-refractivity contribution in [1.82, 2.24) is 0 Å². The quantitative estimate of drug-likeness (QED) is 0.382. The number of allylic oxidation sites excluding steroid dienone is 2. The van der Waals surface area contributed by atoms with Gasteiger partial charge in [-0.25, -0.2) is 0 Å². The summed E-state index contributed by atoms with van der Waals surface area (Å²) in [6, 6.07) is 33.0. The Morgan fingerprint density at radius 1 is 0.700 bits per heavy atom. The van der Waals surface area contributed by atoms with Crippen molar-refractivity contribution in [1.29, 1.82) is 0 Å². The lowest BCUT2D eigenvalue weighted by Gasteiger charge is -2.26. The van der Waals surface area contributed by atoms with Gasteiger partial charge in [-0.3, -0.25) is 0 Å². The number of fused-ring (bicyclic) bond motifs is 4. The summed E-state index contributed by atoms with van der Waals surface area (Å²) in [7, 11) is 0. The molecule has 2 aliphatic rings. The molecule has 0 amide bonds. The van der Waals surface area contributed by atoms with Crippen LogP contribution in [-0.2, 0) is 0 Å². The van der Waals surface area contributed by atoms with E-state index in [-0.39, 0.29) is 6.04 Å². The maximum absolute atomic E-state index is 3.75. The third kappa shape index (κ3) is 2.96. The van der Waals surface area contributed by atoms with E-state index < -0.39 is 0 Å². The minimum atomic E-state index is 0.283. The maximum Gasteiger partial charge on any atom is 0.0611 e. The molecule has 0 fully saturated rings. The first kappa shape index (κ1) is 17.6. The SMILES string of the molecule is C1=CC(Nc2ccc(-c3cccc4ccccc34)cc2)C2Sc3ccccc3C2=C1. The van der Waals surface area contributed by atoms with Crippen LogP contribution >= 0.6 is 11.8 Å². The molecule has 1 aliphatic heterocycles. The fraction of sp³-hybridized carbons (Fsp3) is 0.0714. The summed E-state index contributed by atoms with van der Waals surface area (Å²) >= 11 is 1.97. The standard InChI is InChI=1S/C28H21NS/c1-2-9-22-19(7-1)8-5-11-23(22)20-15-17-21(18-16-20)29-26-13-6-12-25-24-10-3-4-14-27(24)30-28(25)26/h1-18,26,28-29H. The van der Waals surface area contributed by atoms with E-state index in [1.807, 2.05) is 11.8 Å². The summed E-state index contributed by atoms with van der Waals surface area (Å²) in [5.41, 5.74) is 6.51. The van der Waals surface area contributed by atoms with Crippen LogP contribution in [-0.4, -0.2) is 11.3 Å². The lowest BCUT2D eigenvalue weighted by Crippen LogP contribution is -2.30. The van der Waals surface area contributed by atoms with E-state index >= 15 is 0 Å². The molecular formula is C28H21NS. The Kier molecular flexibility index (Phi) is 4.24. The molecule has 2 unspecified atom stereocenters. The monoisotopic (exact) mass is 403 g/mol. The van der Waals surface area contributed by atoms with Gasteiger partial charge in [0.1, 0.15) is 0 Å². The Balaban J connectivity index is 1.26. The zero-order chi connectivity index (χ0) is 19.9. The molecule has 1 nitrogen and oxygen atoms in total. The van der Waals surface area contributed by atoms with Gasteiger partial charge in [-0.05, 0) is 51.2 Å². The van der Waals surface area contributed by atoms with Gasteiger partial charge in [0.15, 0.2) is 0 Å². The minimum Gasteiger partial charge on any atom is -0.377 e. The molecule has 4 aromatic carbocycles. The van der Waals surface area contributed by atoms with Gasteiger partial charge >= 0.3 is 0 Å². The second-order valence-electron chi connectivity index (χ2n) is 7.82. The van der Waals surface area contributed by atoms with E-state index in [9.17, 15) is 0 Å². The van der Waals surface area contributed by atoms with Crippen molar-refractivity contribution in [3.63, 3.8) is 0 Å². The molecule has 0 radical (unpaired) electrons. The summed E-state index contributed by atoms with van der Waals surface area (Å²) < 4.78 is 0. The minimum absolute atomic E-state index is 0.283. The van der Waals surface area contributed by atoms with Crippen LogP contribution in [0.25, 0.3) is 27.5 Å². The predicted molar refractivity (Wildman–Crippen MR) is 130 cm³/mol. The van der Waals surface area contributed by atoms with Gasteiger partial charge in [0.25, 0.3) is 0 Å². The molecular weight excluding hydrogens is 382 g/mol. The van der Waals surface area contributed by atoms with E-state index in [0.29, 0.717) is 5.25 Å². The molecule has 6 rings (SSSR count). The van der Waals surface area contributed by atoms with Crippen molar-refractivity contribution < 1.29 is 0 Å². The van der Waals surface area contributed by atoms with E-state index in [1.54, 1.807) is 0 Å². The average Bonchev–Trinajstić information content (AvgIpc) is 3.19. The zero-order valence-corrected chi connectivity index (χ0v) is 17.3. The Hall–Kier alpha value is -3.23. The van der Waals surface area contributed by atoms with E-state index in [1.165, 1.54) is 37.9 Å². The van der Waals surface area contributed by atoms with E-state index in [4.69, 9.17) is 0 Å². The Labute approximate surface area is 181 Å². The number of thioether (sulfide) groups is 1. The fourth-order valence-corrected chi connectivity index (χ4v) is 5.91. The number of benzene rings is 4. The number of rotatable bonds is 3. The smallest absolute Gasteiger partial charge is 0.0611 e. The molecule has 0 saturated carbocycles. The number of hydrogen-bond donors (Lipinski definition) is 1. The molecule has 0 spiro atoms. The van der Waals surface area contributed by atoms with Crippen LogP contribution in [0.5, 0.6) is 0 Å². The molecule has 1 N–H and O–H groups in total. The summed E-state index contributed by atoms with van der Waals surface area (Å²) in [5, 5.41) is 6.75. The van der Waals surface area contributed by atoms with Gasteiger partial charge in [-0.15, -0.1) is 11.8 Å². The lowest BCUT2D eigenvalue weighted by molar-refractivity contribution is 0.920. The Morgan fingerprint density at radius 2 is 1.47 bits per heavy atom. The van der Waals surface area contributed by atoms with Crippen LogP contribution < -0.4 is 5.32 Å². The molecule has 4 aromatic rings. The number of hydrogen-bond acceptors (Lipinski definition) is 2. The van der Waals surface area contributed by atoms with Crippen molar-refractivity contribution >= 4 is 33.8 Å². The highest BCUT2D eigenvalue weighted by Crippen LogP contribution is 2.48. The van der Waals surface area contributed by atoms with Crippen LogP contribution in [0, 0.1) is 0 Å². The van der Waals surface area contributed by atoms with Crippen molar-refractivity contribution in [2.45, 2.75) is 16.2 Å². The van der Waals surface area contributed by atoms with Crippen molar-refractivity contribution in [2.24, 2.45) is 0 Å². The van der Waals surface area contributed by atoms with Crippen molar-refractivity contribution in [3.8, 4) is 11.1 Å². The average molecular weight is 404 g/mol. The molecule has 2 heteroatoms. The molecule has 0 saturated heterocycles. The summed E-state index contributed by atoms with van der Waals surface area (Å²) in [4.78, 5) is 1.38. The van der Waals surface area contributed by atoms with E-state index in [2.05, 4.69) is 115 Å². The molecule has 144 valence electrons. The van der Waals surface area contributed by atoms with Gasteiger partial charge in [0.05, 0.1) is 11.3 Å². The first-order valence-electron chi connectivity index (χ1n) is 10.4. The highest BCUT2D eigenvalue weighted by atomic mass is 32.2. The first-order chi connectivity index (χ1) is 14.9. The predicted octanol–water partition coefficient (Wildman–Crippen LogP) is 7.42. The van der Waals surface area contributed by atoms with Crippen molar-refractivity contribution in [3.05, 3.63) is 115 Å². The zero-order valence-electron chi connectivity index (χ0n) is 16.5. The lowest BCUT2D eigenvalue weighted by atomic mass is 9.94. The summed E-state index contributed by atoms with van der Waals surface area (Å²) in [6.07, 6.45) is 6.74. The van der Waals surface area contributed by atoms with Crippen LogP contribution in [0.1, 0.15) is 5.56 Å². The third-order valence-corrected chi connectivity index (χ3v) is 7.41. The second-order valence-corrected chi connectivity index (χ2v) is 9.00. The van der Waals surface area contributed by atoms with Gasteiger partial charge in [0.2, 0.25) is 0 Å². The number of anilines is 1. The molecule has 30 heavy (non-hydrogen) atoms. The number of nitrogens with one attached hydrogen (secondary N) is 1. The van der Waals surface area contributed by atoms with Crippen molar-refractivity contribution in [2.75, 3.05) is 5.32 Å². The molecule has 0 aromatic heterocycles. The summed E-state index contributed by atoms with van der Waals surface area (Å²) in [5.74, 6) is 0. The van der Waals surface area contributed by atoms with Gasteiger partial charge < -0.3 is 5.32 Å². The van der Waals surface area contributed by atoms with Crippen LogP contribution in [0.4, 0.5) is 5.69 Å². The van der Waals surface area contributed by atoms with Crippen LogP contribution in [0.2, 0.25) is 0 Å². The highest BCUT2D eigenvalue weighted by molar-refractivity contribution is 8.01. The molecule has 2 atom stereocenters. The van der Waals surface area contributed by atoms with Gasteiger partial charge in [-0.2, -0.15) is 0 Å². The van der Waals surface area contributed by atoms with Gasteiger partial charge in [-0.1, -0.05) is 91.0 Å². The largest absolute Gasteiger partial charge is 0.377 e. The highest BCUT2D eigenvalue weighted by Gasteiger charge is 2.33. The normalized spacial score (nSPS) is 19.3. The molecule has 1 aliphatic carbocycles. The molecule has 1 heterocycles. The van der Waals surface area contributed by atoms with Crippen LogP contribution in [0.15, 0.2) is 114 Å². The maximum atomic E-state index is 3.75. The first-order valence-corrected chi connectivity index (χ1v) is 11.2. The Bertz CT molecular complexity index is 1290. The third-order valence-electron chi connectivity index (χ3n) is 6.00. The second kappa shape index (κ2) is 7.23. The fourth-order valence-electron chi connectivity index (χ4n) is 4.53. The summed E-state index contributed by atoms with van der Waals surface area (Å²) in [6.45, 7) is 0.